The van der Waals surface area contributed by atoms with Crippen LogP contribution in [0, 0.1) is 5.92 Å². The van der Waals surface area contributed by atoms with E-state index in [0.717, 1.165) is 25.7 Å². The predicted octanol–water partition coefficient (Wildman–Crippen LogP) is 2.98. The Labute approximate surface area is 210 Å². The summed E-state index contributed by atoms with van der Waals surface area (Å²) in [7, 11) is -3.93. The first-order chi connectivity index (χ1) is 17.0. The molecule has 2 fully saturated rings. The molecule has 1 aliphatic heterocycles. The maximum Gasteiger partial charge on any atom is 0.407 e. The zero-order valence-electron chi connectivity index (χ0n) is 20.9. The van der Waals surface area contributed by atoms with Crippen molar-refractivity contribution in [2.24, 2.45) is 5.92 Å². The molecule has 10 nitrogen and oxygen atoms in total. The van der Waals surface area contributed by atoms with Crippen LogP contribution in [0.25, 0.3) is 10.8 Å². The normalized spacial score (nSPS) is 19.5. The third-order valence-electron chi connectivity index (χ3n) is 6.50. The highest BCUT2D eigenvalue weighted by Gasteiger charge is 2.35. The van der Waals surface area contributed by atoms with Gasteiger partial charge in [-0.1, -0.05) is 18.9 Å². The summed E-state index contributed by atoms with van der Waals surface area (Å²) < 4.78 is 40.1. The third-order valence-corrected chi connectivity index (χ3v) is 8.43. The molecule has 2 aliphatic rings. The molecule has 4 rings (SSSR count). The number of hydrogen-bond acceptors (Lipinski definition) is 7. The Morgan fingerprint density at radius 1 is 1.08 bits per heavy atom. The first kappa shape index (κ1) is 26.2. The second-order valence-electron chi connectivity index (χ2n) is 10.4. The van der Waals surface area contributed by atoms with Crippen LogP contribution in [-0.2, 0) is 31.0 Å². The van der Waals surface area contributed by atoms with Crippen molar-refractivity contribution in [2.75, 3.05) is 13.1 Å². The van der Waals surface area contributed by atoms with Crippen molar-refractivity contribution in [1.29, 1.82) is 0 Å². The average molecular weight is 520 g/mol. The zero-order valence-corrected chi connectivity index (χ0v) is 21.7. The van der Waals surface area contributed by atoms with Crippen LogP contribution in [0.1, 0.15) is 52.9 Å². The molecule has 2 heterocycles. The van der Waals surface area contributed by atoms with Crippen LogP contribution >= 0.6 is 0 Å². The van der Waals surface area contributed by atoms with E-state index >= 15 is 0 Å². The highest BCUT2D eigenvalue weighted by Crippen LogP contribution is 2.28. The lowest BCUT2D eigenvalue weighted by atomic mass is 10.1. The number of nitrogens with zero attached hydrogens (tertiary/aromatic N) is 2. The van der Waals surface area contributed by atoms with Crippen molar-refractivity contribution in [3.63, 3.8) is 0 Å². The standard InChI is InChI=1S/C25H33N3O7S/c1-25(2,3)35-24(31)26-18-11-14-28(15-18)36(32,33)21-10-6-9-20-19(21)12-13-27(22(20)29)16-34-23(30)17-7-4-5-8-17/h6,9-10,12-13,17-18H,4-5,7-8,11,14-16H2,1-3H3,(H,26,31). The fraction of sp³-hybridized carbons (Fsp3) is 0.560. The van der Waals surface area contributed by atoms with Crippen molar-refractivity contribution < 1.29 is 27.5 Å². The van der Waals surface area contributed by atoms with Gasteiger partial charge in [0.05, 0.1) is 10.8 Å². The number of hydrogen-bond donors (Lipinski definition) is 1. The molecule has 11 heteroatoms. The van der Waals surface area contributed by atoms with Gasteiger partial charge in [0.1, 0.15) is 5.60 Å². The zero-order chi connectivity index (χ0) is 26.1. The number of nitrogens with one attached hydrogen (secondary N) is 1. The van der Waals surface area contributed by atoms with Crippen molar-refractivity contribution in [3.05, 3.63) is 40.8 Å². The van der Waals surface area contributed by atoms with Gasteiger partial charge in [0.2, 0.25) is 10.0 Å². The maximum atomic E-state index is 13.5. The van der Waals surface area contributed by atoms with Gasteiger partial charge in [-0.2, -0.15) is 4.31 Å². The van der Waals surface area contributed by atoms with Gasteiger partial charge >= 0.3 is 12.1 Å². The summed E-state index contributed by atoms with van der Waals surface area (Å²) >= 11 is 0. The molecule has 1 aromatic carbocycles. The summed E-state index contributed by atoms with van der Waals surface area (Å²) in [5.41, 5.74) is -1.09. The van der Waals surface area contributed by atoms with Crippen molar-refractivity contribution >= 4 is 32.9 Å². The minimum Gasteiger partial charge on any atom is -0.444 e. The Morgan fingerprint density at radius 3 is 2.50 bits per heavy atom. The van der Waals surface area contributed by atoms with E-state index < -0.39 is 27.3 Å². The number of sulfonamides is 1. The van der Waals surface area contributed by atoms with Gasteiger partial charge in [0.15, 0.2) is 6.73 Å². The number of benzene rings is 1. The highest BCUT2D eigenvalue weighted by atomic mass is 32.2. The highest BCUT2D eigenvalue weighted by molar-refractivity contribution is 7.89. The summed E-state index contributed by atoms with van der Waals surface area (Å²) in [5, 5.41) is 3.24. The quantitative estimate of drug-likeness (QED) is 0.582. The first-order valence-electron chi connectivity index (χ1n) is 12.2. The monoisotopic (exact) mass is 519 g/mol. The van der Waals surface area contributed by atoms with E-state index in [1.54, 1.807) is 32.9 Å². The number of alkyl carbamates (subject to hydrolysis) is 1. The molecule has 0 spiro atoms. The fourth-order valence-corrected chi connectivity index (χ4v) is 6.41. The molecule has 0 radical (unpaired) electrons. The van der Waals surface area contributed by atoms with Crippen LogP contribution in [0.5, 0.6) is 0 Å². The summed E-state index contributed by atoms with van der Waals surface area (Å²) in [6.07, 6.45) is 4.91. The van der Waals surface area contributed by atoms with Gasteiger partial charge < -0.3 is 14.8 Å². The van der Waals surface area contributed by atoms with Gasteiger partial charge in [0, 0.05) is 36.1 Å². The van der Waals surface area contributed by atoms with E-state index in [0.29, 0.717) is 11.8 Å². The molecule has 1 aliphatic carbocycles. The number of amides is 1. The Hall–Kier alpha value is -2.92. The molecule has 36 heavy (non-hydrogen) atoms. The lowest BCUT2D eigenvalue weighted by Gasteiger charge is -2.22. The molecule has 1 unspecified atom stereocenters. The second kappa shape index (κ2) is 10.2. The van der Waals surface area contributed by atoms with Gasteiger partial charge in [-0.25, -0.2) is 13.2 Å². The molecule has 0 bridgehead atoms. The van der Waals surface area contributed by atoms with Crippen LogP contribution < -0.4 is 10.9 Å². The first-order valence-corrected chi connectivity index (χ1v) is 13.7. The van der Waals surface area contributed by atoms with Crippen molar-refractivity contribution in [3.8, 4) is 0 Å². The summed E-state index contributed by atoms with van der Waals surface area (Å²) in [6, 6.07) is 5.73. The molecule has 1 atom stereocenters. The summed E-state index contributed by atoms with van der Waals surface area (Å²) in [6.45, 7) is 5.38. The lowest BCUT2D eigenvalue weighted by molar-refractivity contribution is -0.152. The number of carbonyl (C=O) groups is 2. The van der Waals surface area contributed by atoms with Gasteiger partial charge in [-0.15, -0.1) is 0 Å². The van der Waals surface area contributed by atoms with E-state index in [1.165, 1.54) is 27.2 Å². The fourth-order valence-electron chi connectivity index (χ4n) is 4.71. The van der Waals surface area contributed by atoms with E-state index in [4.69, 9.17) is 9.47 Å². The van der Waals surface area contributed by atoms with Crippen molar-refractivity contribution in [1.82, 2.24) is 14.2 Å². The number of pyridine rings is 1. The largest absolute Gasteiger partial charge is 0.444 e. The van der Waals surface area contributed by atoms with Crippen LogP contribution in [-0.4, -0.2) is 54.1 Å². The van der Waals surface area contributed by atoms with E-state index in [2.05, 4.69) is 5.32 Å². The molecular formula is C25H33N3O7S. The van der Waals surface area contributed by atoms with Crippen LogP contribution in [0.2, 0.25) is 0 Å². The number of carbonyl (C=O) groups excluding carboxylic acids is 2. The molecule has 196 valence electrons. The summed E-state index contributed by atoms with van der Waals surface area (Å²) in [5.74, 6) is -0.425. The maximum absolute atomic E-state index is 13.5. The number of esters is 1. The molecule has 1 saturated heterocycles. The van der Waals surface area contributed by atoms with Crippen LogP contribution in [0.15, 0.2) is 40.2 Å². The molecule has 1 amide bonds. The number of rotatable bonds is 6. The van der Waals surface area contributed by atoms with E-state index in [1.807, 2.05) is 0 Å². The Bertz CT molecular complexity index is 1310. The number of ether oxygens (including phenoxy) is 2. The molecule has 1 saturated carbocycles. The predicted molar refractivity (Wildman–Crippen MR) is 133 cm³/mol. The summed E-state index contributed by atoms with van der Waals surface area (Å²) in [4.78, 5) is 37.4. The lowest BCUT2D eigenvalue weighted by Crippen LogP contribution is -2.41. The van der Waals surface area contributed by atoms with Crippen LogP contribution in [0.3, 0.4) is 0 Å². The minimum atomic E-state index is -3.93. The van der Waals surface area contributed by atoms with E-state index in [9.17, 15) is 22.8 Å². The SMILES string of the molecule is CC(C)(C)OC(=O)NC1CCN(S(=O)(=O)c2cccc3c(=O)n(COC(=O)C4CCCC4)ccc23)C1. The van der Waals surface area contributed by atoms with Gasteiger partial charge in [-0.3, -0.25) is 14.2 Å². The smallest absolute Gasteiger partial charge is 0.407 e. The topological polar surface area (TPSA) is 124 Å². The van der Waals surface area contributed by atoms with Gasteiger partial charge in [-0.05, 0) is 58.2 Å². The second-order valence-corrected chi connectivity index (χ2v) is 12.3. The van der Waals surface area contributed by atoms with Gasteiger partial charge in [0.25, 0.3) is 5.56 Å². The Kier molecular flexibility index (Phi) is 7.42. The third kappa shape index (κ3) is 5.73. The number of aromatic nitrogens is 1. The molecular weight excluding hydrogens is 486 g/mol. The number of fused-ring (bicyclic) bond motifs is 1. The van der Waals surface area contributed by atoms with E-state index in [-0.39, 0.29) is 48.0 Å². The average Bonchev–Trinajstić information content (AvgIpc) is 3.50. The minimum absolute atomic E-state index is 0.0186. The molecule has 2 aromatic rings. The van der Waals surface area contributed by atoms with Crippen LogP contribution in [0.4, 0.5) is 4.79 Å². The van der Waals surface area contributed by atoms with Crippen molar-refractivity contribution in [2.45, 2.75) is 76.1 Å². The Morgan fingerprint density at radius 2 is 1.81 bits per heavy atom. The molecule has 1 aromatic heterocycles. The molecule has 1 N–H and O–H groups in total. The Balaban J connectivity index is 1.50.